The monoisotopic (exact) mass is 286 g/mol. The molecule has 2 aromatic rings. The van der Waals surface area contributed by atoms with Gasteiger partial charge < -0.3 is 10.6 Å². The van der Waals surface area contributed by atoms with Crippen LogP contribution in [0.5, 0.6) is 0 Å². The molecular weight excluding hydrogens is 267 g/mol. The first-order valence-electron chi connectivity index (χ1n) is 7.30. The lowest BCUT2D eigenvalue weighted by atomic mass is 9.94. The molecule has 2 atom stereocenters. The van der Waals surface area contributed by atoms with Crippen molar-refractivity contribution in [1.29, 1.82) is 0 Å². The van der Waals surface area contributed by atoms with E-state index in [4.69, 9.17) is 5.73 Å². The molecule has 1 amide bonds. The van der Waals surface area contributed by atoms with Crippen LogP contribution in [0.3, 0.4) is 0 Å². The van der Waals surface area contributed by atoms with Crippen LogP contribution in [0.2, 0.25) is 0 Å². The topological polar surface area (TPSA) is 46.3 Å². The predicted octanol–water partition coefficient (Wildman–Crippen LogP) is 2.79. The predicted molar refractivity (Wildman–Crippen MR) is 81.6 cm³/mol. The Morgan fingerprint density at radius 3 is 2.67 bits per heavy atom. The van der Waals surface area contributed by atoms with Crippen LogP contribution >= 0.6 is 0 Å². The quantitative estimate of drug-likeness (QED) is 0.876. The van der Waals surface area contributed by atoms with Crippen molar-refractivity contribution in [2.24, 2.45) is 11.7 Å². The number of halogens is 1. The summed E-state index contributed by atoms with van der Waals surface area (Å²) in [6.45, 7) is 3.38. The van der Waals surface area contributed by atoms with E-state index in [0.29, 0.717) is 29.4 Å². The second-order valence-electron chi connectivity index (χ2n) is 5.82. The summed E-state index contributed by atoms with van der Waals surface area (Å²) in [4.78, 5) is 14.6. The van der Waals surface area contributed by atoms with Gasteiger partial charge in [0.05, 0.1) is 0 Å². The molecule has 0 spiro atoms. The molecule has 0 aliphatic carbocycles. The van der Waals surface area contributed by atoms with Crippen molar-refractivity contribution in [2.45, 2.75) is 19.4 Å². The van der Waals surface area contributed by atoms with E-state index in [1.54, 1.807) is 24.3 Å². The number of piperidine rings is 1. The number of fused-ring (bicyclic) bond motifs is 1. The van der Waals surface area contributed by atoms with E-state index in [-0.39, 0.29) is 23.7 Å². The minimum absolute atomic E-state index is 0.0371. The van der Waals surface area contributed by atoms with Gasteiger partial charge in [0, 0.05) is 30.1 Å². The molecule has 21 heavy (non-hydrogen) atoms. The van der Waals surface area contributed by atoms with E-state index in [1.807, 2.05) is 11.0 Å². The first-order chi connectivity index (χ1) is 10.1. The van der Waals surface area contributed by atoms with Crippen molar-refractivity contribution in [2.75, 3.05) is 13.1 Å². The molecule has 0 saturated carbocycles. The maximum absolute atomic E-state index is 13.8. The zero-order valence-electron chi connectivity index (χ0n) is 12.1. The second-order valence-corrected chi connectivity index (χ2v) is 5.82. The molecule has 0 radical (unpaired) electrons. The summed E-state index contributed by atoms with van der Waals surface area (Å²) in [6, 6.07) is 10.2. The Hall–Kier alpha value is -1.94. The fourth-order valence-electron chi connectivity index (χ4n) is 2.97. The van der Waals surface area contributed by atoms with Gasteiger partial charge in [0.1, 0.15) is 5.82 Å². The Labute approximate surface area is 123 Å². The molecule has 1 aliphatic heterocycles. The average molecular weight is 286 g/mol. The van der Waals surface area contributed by atoms with Gasteiger partial charge in [0.2, 0.25) is 0 Å². The average Bonchev–Trinajstić information content (AvgIpc) is 2.50. The molecular formula is C17H19FN2O. The third-order valence-corrected chi connectivity index (χ3v) is 4.36. The lowest BCUT2D eigenvalue weighted by Gasteiger charge is -2.35. The Morgan fingerprint density at radius 2 is 1.95 bits per heavy atom. The summed E-state index contributed by atoms with van der Waals surface area (Å²) in [6.07, 6.45) is 0.812. The minimum atomic E-state index is -0.295. The lowest BCUT2D eigenvalue weighted by molar-refractivity contribution is 0.0666. The molecule has 110 valence electrons. The Morgan fingerprint density at radius 1 is 1.24 bits per heavy atom. The normalized spacial score (nSPS) is 22.5. The Bertz CT molecular complexity index is 686. The van der Waals surface area contributed by atoms with E-state index in [0.717, 1.165) is 6.42 Å². The van der Waals surface area contributed by atoms with Crippen molar-refractivity contribution >= 4 is 16.7 Å². The summed E-state index contributed by atoms with van der Waals surface area (Å²) in [7, 11) is 0. The first kappa shape index (κ1) is 14.0. The first-order valence-corrected chi connectivity index (χ1v) is 7.30. The van der Waals surface area contributed by atoms with Crippen LogP contribution in [-0.2, 0) is 0 Å². The van der Waals surface area contributed by atoms with E-state index in [2.05, 4.69) is 6.92 Å². The number of nitrogens with zero attached hydrogens (tertiary/aromatic N) is 1. The van der Waals surface area contributed by atoms with Gasteiger partial charge >= 0.3 is 0 Å². The van der Waals surface area contributed by atoms with Crippen molar-refractivity contribution in [3.8, 4) is 0 Å². The maximum atomic E-state index is 13.8. The van der Waals surface area contributed by atoms with Crippen molar-refractivity contribution in [3.05, 3.63) is 47.8 Å². The van der Waals surface area contributed by atoms with E-state index >= 15 is 0 Å². The van der Waals surface area contributed by atoms with E-state index < -0.39 is 0 Å². The number of likely N-dealkylation sites (tertiary alicyclic amines) is 1. The molecule has 3 nitrogen and oxygen atoms in total. The second kappa shape index (κ2) is 5.45. The van der Waals surface area contributed by atoms with Crippen LogP contribution in [0.15, 0.2) is 36.4 Å². The van der Waals surface area contributed by atoms with Crippen LogP contribution < -0.4 is 5.73 Å². The Kier molecular flexibility index (Phi) is 3.64. The number of benzene rings is 2. The van der Waals surface area contributed by atoms with Crippen molar-refractivity contribution in [3.63, 3.8) is 0 Å². The van der Waals surface area contributed by atoms with Gasteiger partial charge in [0.15, 0.2) is 0 Å². The standard InChI is InChI=1S/C17H19FN2O/c1-11-10-20(9-8-16(11)19)17(21)14-6-7-15(18)13-5-3-2-4-12(13)14/h2-7,11,16H,8-10,19H2,1H3. The highest BCUT2D eigenvalue weighted by molar-refractivity contribution is 6.07. The van der Waals surface area contributed by atoms with Gasteiger partial charge in [-0.1, -0.05) is 31.2 Å². The third-order valence-electron chi connectivity index (χ3n) is 4.36. The van der Waals surface area contributed by atoms with Gasteiger partial charge in [-0.05, 0) is 29.9 Å². The van der Waals surface area contributed by atoms with Crippen LogP contribution in [0.4, 0.5) is 4.39 Å². The van der Waals surface area contributed by atoms with Crippen LogP contribution in [0.1, 0.15) is 23.7 Å². The van der Waals surface area contributed by atoms with Gasteiger partial charge in [-0.15, -0.1) is 0 Å². The summed E-state index contributed by atoms with van der Waals surface area (Å²) in [5.41, 5.74) is 6.57. The zero-order valence-corrected chi connectivity index (χ0v) is 12.1. The highest BCUT2D eigenvalue weighted by Crippen LogP contribution is 2.25. The molecule has 2 unspecified atom stereocenters. The molecule has 1 heterocycles. The zero-order chi connectivity index (χ0) is 15.0. The number of carbonyl (C=O) groups is 1. The van der Waals surface area contributed by atoms with Gasteiger partial charge in [-0.2, -0.15) is 0 Å². The van der Waals surface area contributed by atoms with E-state index in [1.165, 1.54) is 6.07 Å². The van der Waals surface area contributed by atoms with E-state index in [9.17, 15) is 9.18 Å². The van der Waals surface area contributed by atoms with Crippen LogP contribution in [0, 0.1) is 11.7 Å². The number of rotatable bonds is 1. The number of hydrogen-bond acceptors (Lipinski definition) is 2. The third kappa shape index (κ3) is 2.51. The fourth-order valence-corrected chi connectivity index (χ4v) is 2.97. The van der Waals surface area contributed by atoms with Crippen LogP contribution in [-0.4, -0.2) is 29.9 Å². The van der Waals surface area contributed by atoms with Gasteiger partial charge in [0.25, 0.3) is 5.91 Å². The highest BCUT2D eigenvalue weighted by Gasteiger charge is 2.27. The van der Waals surface area contributed by atoms with Crippen molar-refractivity contribution < 1.29 is 9.18 Å². The number of carbonyl (C=O) groups excluding carboxylic acids is 1. The highest BCUT2D eigenvalue weighted by atomic mass is 19.1. The minimum Gasteiger partial charge on any atom is -0.338 e. The molecule has 4 heteroatoms. The summed E-state index contributed by atoms with van der Waals surface area (Å²) in [5.74, 6) is -0.0458. The summed E-state index contributed by atoms with van der Waals surface area (Å²) >= 11 is 0. The van der Waals surface area contributed by atoms with Gasteiger partial charge in [-0.3, -0.25) is 4.79 Å². The lowest BCUT2D eigenvalue weighted by Crippen LogP contribution is -2.48. The maximum Gasteiger partial charge on any atom is 0.254 e. The Balaban J connectivity index is 1.97. The fraction of sp³-hybridized carbons (Fsp3) is 0.353. The smallest absolute Gasteiger partial charge is 0.254 e. The molecule has 3 rings (SSSR count). The van der Waals surface area contributed by atoms with Crippen LogP contribution in [0.25, 0.3) is 10.8 Å². The largest absolute Gasteiger partial charge is 0.338 e. The molecule has 2 N–H and O–H groups in total. The molecule has 0 bridgehead atoms. The van der Waals surface area contributed by atoms with Crippen molar-refractivity contribution in [1.82, 2.24) is 4.90 Å². The number of hydrogen-bond donors (Lipinski definition) is 1. The number of nitrogens with two attached hydrogens (primary N) is 1. The molecule has 1 aliphatic rings. The van der Waals surface area contributed by atoms with Gasteiger partial charge in [-0.25, -0.2) is 4.39 Å². The molecule has 1 saturated heterocycles. The molecule has 2 aromatic carbocycles. The number of amides is 1. The SMILES string of the molecule is CC1CN(C(=O)c2ccc(F)c3ccccc23)CCC1N. The summed E-state index contributed by atoms with van der Waals surface area (Å²) < 4.78 is 13.8. The molecule has 1 fully saturated rings. The summed E-state index contributed by atoms with van der Waals surface area (Å²) in [5, 5.41) is 1.16. The molecule has 0 aromatic heterocycles.